The minimum atomic E-state index is -0.378. The second-order valence-corrected chi connectivity index (χ2v) is 6.12. The van der Waals surface area contributed by atoms with E-state index in [0.717, 1.165) is 45.4 Å². The van der Waals surface area contributed by atoms with Crippen LogP contribution in [0.3, 0.4) is 0 Å². The molecule has 2 rings (SSSR count). The molecular formula is C13H24N2O2. The van der Waals surface area contributed by atoms with Gasteiger partial charge >= 0.3 is 5.97 Å². The molecule has 1 N–H and O–H groups in total. The van der Waals surface area contributed by atoms with Crippen LogP contribution in [0, 0.1) is 0 Å². The lowest BCUT2D eigenvalue weighted by Crippen LogP contribution is -2.48. The third-order valence-corrected chi connectivity index (χ3v) is 3.45. The number of hydrogen-bond donors (Lipinski definition) is 1. The summed E-state index contributed by atoms with van der Waals surface area (Å²) in [6.07, 6.45) is 3.04. The van der Waals surface area contributed by atoms with Crippen molar-refractivity contribution < 1.29 is 9.53 Å². The first kappa shape index (κ1) is 12.8. The summed E-state index contributed by atoms with van der Waals surface area (Å²) in [5.41, 5.74) is -0.671. The zero-order valence-corrected chi connectivity index (χ0v) is 11.2. The molecule has 2 fully saturated rings. The Morgan fingerprint density at radius 2 is 1.94 bits per heavy atom. The van der Waals surface area contributed by atoms with E-state index in [1.807, 2.05) is 20.8 Å². The molecule has 1 heterocycles. The number of carbonyl (C=O) groups excluding carboxylic acids is 1. The van der Waals surface area contributed by atoms with Crippen LogP contribution in [-0.2, 0) is 9.53 Å². The molecule has 0 spiro atoms. The van der Waals surface area contributed by atoms with Crippen LogP contribution in [-0.4, -0.2) is 48.2 Å². The van der Waals surface area contributed by atoms with Gasteiger partial charge in [0.15, 0.2) is 0 Å². The number of rotatable bonds is 2. The minimum Gasteiger partial charge on any atom is -0.459 e. The van der Waals surface area contributed by atoms with Gasteiger partial charge in [0.2, 0.25) is 0 Å². The van der Waals surface area contributed by atoms with Crippen LogP contribution >= 0.6 is 0 Å². The van der Waals surface area contributed by atoms with Crippen LogP contribution in [0.5, 0.6) is 0 Å². The van der Waals surface area contributed by atoms with Crippen molar-refractivity contribution >= 4 is 5.97 Å². The highest BCUT2D eigenvalue weighted by molar-refractivity contribution is 5.84. The van der Waals surface area contributed by atoms with E-state index in [4.69, 9.17) is 4.74 Å². The lowest BCUT2D eigenvalue weighted by molar-refractivity contribution is -0.163. The van der Waals surface area contributed by atoms with Gasteiger partial charge in [-0.1, -0.05) is 0 Å². The van der Waals surface area contributed by atoms with Gasteiger partial charge in [0, 0.05) is 19.6 Å². The van der Waals surface area contributed by atoms with E-state index in [9.17, 15) is 4.79 Å². The van der Waals surface area contributed by atoms with Gasteiger partial charge in [0.25, 0.3) is 0 Å². The SMILES string of the molecule is CC(C)(C)OC(=O)C1(N2CCCNCC2)CC1. The van der Waals surface area contributed by atoms with Gasteiger partial charge in [0.1, 0.15) is 11.1 Å². The Hall–Kier alpha value is -0.610. The molecule has 1 aliphatic carbocycles. The summed E-state index contributed by atoms with van der Waals surface area (Å²) in [6, 6.07) is 0. The highest BCUT2D eigenvalue weighted by atomic mass is 16.6. The van der Waals surface area contributed by atoms with Crippen molar-refractivity contribution in [2.45, 2.75) is 51.2 Å². The highest BCUT2D eigenvalue weighted by Crippen LogP contribution is 2.43. The van der Waals surface area contributed by atoms with E-state index in [2.05, 4.69) is 10.2 Å². The first-order valence-electron chi connectivity index (χ1n) is 6.63. The lowest BCUT2D eigenvalue weighted by atomic mass is 10.1. The molecule has 0 unspecified atom stereocenters. The third kappa shape index (κ3) is 2.99. The number of esters is 1. The maximum atomic E-state index is 12.3. The topological polar surface area (TPSA) is 41.6 Å². The quantitative estimate of drug-likeness (QED) is 0.735. The Balaban J connectivity index is 2.00. The fourth-order valence-electron chi connectivity index (χ4n) is 2.41. The second kappa shape index (κ2) is 4.58. The number of ether oxygens (including phenoxy) is 1. The molecule has 4 nitrogen and oxygen atoms in total. The van der Waals surface area contributed by atoms with Crippen molar-refractivity contribution in [3.63, 3.8) is 0 Å². The Morgan fingerprint density at radius 3 is 2.53 bits per heavy atom. The fraction of sp³-hybridized carbons (Fsp3) is 0.923. The molecule has 4 heteroatoms. The fourth-order valence-corrected chi connectivity index (χ4v) is 2.41. The zero-order valence-electron chi connectivity index (χ0n) is 11.2. The highest BCUT2D eigenvalue weighted by Gasteiger charge is 2.56. The molecule has 0 aromatic heterocycles. The van der Waals surface area contributed by atoms with Gasteiger partial charge in [-0.2, -0.15) is 0 Å². The molecule has 1 aliphatic heterocycles. The molecule has 0 amide bonds. The van der Waals surface area contributed by atoms with Gasteiger partial charge < -0.3 is 10.1 Å². The average Bonchev–Trinajstić information content (AvgIpc) is 3.01. The van der Waals surface area contributed by atoms with E-state index >= 15 is 0 Å². The molecule has 17 heavy (non-hydrogen) atoms. The van der Waals surface area contributed by atoms with Crippen molar-refractivity contribution in [3.05, 3.63) is 0 Å². The zero-order chi connectivity index (χ0) is 12.5. The standard InChI is InChI=1S/C13H24N2O2/c1-12(2,3)17-11(16)13(5-6-13)15-9-4-7-14-8-10-15/h14H,4-10H2,1-3H3. The van der Waals surface area contributed by atoms with Gasteiger partial charge in [-0.05, 0) is 46.6 Å². The average molecular weight is 240 g/mol. The normalized spacial score (nSPS) is 25.1. The monoisotopic (exact) mass is 240 g/mol. The molecule has 1 saturated heterocycles. The second-order valence-electron chi connectivity index (χ2n) is 6.12. The number of nitrogens with one attached hydrogen (secondary N) is 1. The van der Waals surface area contributed by atoms with E-state index in [0.29, 0.717) is 0 Å². The molecule has 0 bridgehead atoms. The summed E-state index contributed by atoms with van der Waals surface area (Å²) in [6.45, 7) is 9.80. The maximum absolute atomic E-state index is 12.3. The first-order valence-corrected chi connectivity index (χ1v) is 6.63. The first-order chi connectivity index (χ1) is 7.94. The summed E-state index contributed by atoms with van der Waals surface area (Å²) in [7, 11) is 0. The predicted molar refractivity (Wildman–Crippen MR) is 66.9 cm³/mol. The third-order valence-electron chi connectivity index (χ3n) is 3.45. The van der Waals surface area contributed by atoms with E-state index < -0.39 is 0 Å². The molecule has 0 aromatic carbocycles. The van der Waals surface area contributed by atoms with Crippen molar-refractivity contribution in [2.24, 2.45) is 0 Å². The smallest absolute Gasteiger partial charge is 0.327 e. The molecule has 0 aromatic rings. The predicted octanol–water partition coefficient (Wildman–Crippen LogP) is 1.16. The molecule has 2 aliphatic rings. The van der Waals surface area contributed by atoms with Crippen molar-refractivity contribution in [2.75, 3.05) is 26.2 Å². The Bertz CT molecular complexity index is 284. The number of hydrogen-bond acceptors (Lipinski definition) is 4. The van der Waals surface area contributed by atoms with Crippen molar-refractivity contribution in [1.29, 1.82) is 0 Å². The summed E-state index contributed by atoms with van der Waals surface area (Å²) in [4.78, 5) is 14.6. The van der Waals surface area contributed by atoms with Gasteiger partial charge in [0.05, 0.1) is 0 Å². The van der Waals surface area contributed by atoms with E-state index in [-0.39, 0.29) is 17.1 Å². The van der Waals surface area contributed by atoms with E-state index in [1.54, 1.807) is 0 Å². The van der Waals surface area contributed by atoms with Crippen LogP contribution in [0.1, 0.15) is 40.0 Å². The maximum Gasteiger partial charge on any atom is 0.327 e. The Labute approximate surface area is 104 Å². The van der Waals surface area contributed by atoms with Crippen molar-refractivity contribution in [3.8, 4) is 0 Å². The van der Waals surface area contributed by atoms with E-state index in [1.165, 1.54) is 0 Å². The number of carbonyl (C=O) groups is 1. The van der Waals surface area contributed by atoms with Crippen LogP contribution in [0.25, 0.3) is 0 Å². The van der Waals surface area contributed by atoms with Crippen LogP contribution < -0.4 is 5.32 Å². The Kier molecular flexibility index (Phi) is 3.46. The molecule has 1 saturated carbocycles. The molecular weight excluding hydrogens is 216 g/mol. The summed E-state index contributed by atoms with van der Waals surface area (Å²) >= 11 is 0. The summed E-state index contributed by atoms with van der Waals surface area (Å²) in [5, 5.41) is 3.37. The minimum absolute atomic E-state index is 0.0214. The van der Waals surface area contributed by atoms with Crippen LogP contribution in [0.4, 0.5) is 0 Å². The molecule has 98 valence electrons. The van der Waals surface area contributed by atoms with Crippen LogP contribution in [0.2, 0.25) is 0 Å². The molecule has 0 radical (unpaired) electrons. The molecule has 0 atom stereocenters. The summed E-state index contributed by atoms with van der Waals surface area (Å²) in [5.74, 6) is -0.0214. The lowest BCUT2D eigenvalue weighted by Gasteiger charge is -2.31. The van der Waals surface area contributed by atoms with Crippen LogP contribution in [0.15, 0.2) is 0 Å². The van der Waals surface area contributed by atoms with Gasteiger partial charge in [-0.15, -0.1) is 0 Å². The number of nitrogens with zero attached hydrogens (tertiary/aromatic N) is 1. The Morgan fingerprint density at radius 1 is 1.24 bits per heavy atom. The largest absolute Gasteiger partial charge is 0.459 e. The van der Waals surface area contributed by atoms with Gasteiger partial charge in [-0.25, -0.2) is 0 Å². The summed E-state index contributed by atoms with van der Waals surface area (Å²) < 4.78 is 5.56. The van der Waals surface area contributed by atoms with Gasteiger partial charge in [-0.3, -0.25) is 9.69 Å². The van der Waals surface area contributed by atoms with Crippen molar-refractivity contribution in [1.82, 2.24) is 10.2 Å².